The summed E-state index contributed by atoms with van der Waals surface area (Å²) in [4.78, 5) is 4.21. The molecule has 0 aliphatic carbocycles. The number of hydrogen-bond donors (Lipinski definition) is 2. The topological polar surface area (TPSA) is 54.9 Å². The predicted octanol–water partition coefficient (Wildman–Crippen LogP) is 2.40. The summed E-state index contributed by atoms with van der Waals surface area (Å²) < 4.78 is 11.1. The summed E-state index contributed by atoms with van der Waals surface area (Å²) in [6.07, 6.45) is 4.38. The van der Waals surface area contributed by atoms with Crippen LogP contribution in [-0.2, 0) is 9.47 Å². The van der Waals surface area contributed by atoms with Gasteiger partial charge in [0.15, 0.2) is 5.96 Å². The Hall–Kier alpha value is -0.0800. The van der Waals surface area contributed by atoms with Crippen LogP contribution in [0.15, 0.2) is 4.99 Å². The zero-order chi connectivity index (χ0) is 14.6. The molecule has 0 aromatic carbocycles. The maximum atomic E-state index is 5.74. The largest absolute Gasteiger partial charge is 0.381 e. The summed E-state index contributed by atoms with van der Waals surface area (Å²) in [5, 5.41) is 6.66. The van der Waals surface area contributed by atoms with E-state index in [0.717, 1.165) is 64.6 Å². The number of guanidine groups is 1. The molecule has 1 saturated heterocycles. The van der Waals surface area contributed by atoms with Crippen molar-refractivity contribution in [1.29, 1.82) is 0 Å². The standard InChI is InChI=1S/C15H31N3O2.HI/c1-4-13(2)18-15(16-3)17-8-5-9-20-12-14-6-10-19-11-7-14;/h13-14H,4-12H2,1-3H3,(H2,16,17,18);1H. The lowest BCUT2D eigenvalue weighted by Crippen LogP contribution is -2.42. The fourth-order valence-electron chi connectivity index (χ4n) is 2.07. The number of halogens is 1. The first-order valence-corrected chi connectivity index (χ1v) is 7.89. The second kappa shape index (κ2) is 13.6. The van der Waals surface area contributed by atoms with Crippen LogP contribution in [0.4, 0.5) is 0 Å². The lowest BCUT2D eigenvalue weighted by molar-refractivity contribution is 0.0203. The van der Waals surface area contributed by atoms with E-state index in [-0.39, 0.29) is 24.0 Å². The molecular weight excluding hydrogens is 381 g/mol. The summed E-state index contributed by atoms with van der Waals surface area (Å²) in [6, 6.07) is 0.450. The first-order chi connectivity index (χ1) is 9.76. The van der Waals surface area contributed by atoms with E-state index >= 15 is 0 Å². The molecule has 0 aromatic rings. The molecule has 2 N–H and O–H groups in total. The van der Waals surface area contributed by atoms with Crippen molar-refractivity contribution < 1.29 is 9.47 Å². The van der Waals surface area contributed by atoms with E-state index in [2.05, 4.69) is 29.5 Å². The monoisotopic (exact) mass is 413 g/mol. The second-order valence-electron chi connectivity index (χ2n) is 5.44. The van der Waals surface area contributed by atoms with E-state index in [1.165, 1.54) is 0 Å². The van der Waals surface area contributed by atoms with E-state index < -0.39 is 0 Å². The first-order valence-electron chi connectivity index (χ1n) is 7.89. The van der Waals surface area contributed by atoms with Gasteiger partial charge in [-0.3, -0.25) is 4.99 Å². The SMILES string of the molecule is CCC(C)NC(=NC)NCCCOCC1CCOCC1.I. The van der Waals surface area contributed by atoms with Gasteiger partial charge in [0.2, 0.25) is 0 Å². The van der Waals surface area contributed by atoms with Crippen LogP contribution in [-0.4, -0.2) is 52.0 Å². The molecule has 0 aromatic heterocycles. The van der Waals surface area contributed by atoms with Gasteiger partial charge in [0.1, 0.15) is 0 Å². The highest BCUT2D eigenvalue weighted by Crippen LogP contribution is 2.14. The zero-order valence-corrected chi connectivity index (χ0v) is 16.0. The van der Waals surface area contributed by atoms with Crippen molar-refractivity contribution >= 4 is 29.9 Å². The third-order valence-electron chi connectivity index (χ3n) is 3.67. The van der Waals surface area contributed by atoms with Gasteiger partial charge in [0.05, 0.1) is 0 Å². The molecule has 1 heterocycles. The molecule has 126 valence electrons. The van der Waals surface area contributed by atoms with Gasteiger partial charge in [-0.05, 0) is 38.5 Å². The van der Waals surface area contributed by atoms with E-state index in [9.17, 15) is 0 Å². The summed E-state index contributed by atoms with van der Waals surface area (Å²) in [5.74, 6) is 1.57. The number of ether oxygens (including phenoxy) is 2. The minimum atomic E-state index is 0. The molecule has 1 fully saturated rings. The Morgan fingerprint density at radius 3 is 2.71 bits per heavy atom. The van der Waals surface area contributed by atoms with Crippen LogP contribution in [0.1, 0.15) is 39.5 Å². The molecule has 1 unspecified atom stereocenters. The molecule has 21 heavy (non-hydrogen) atoms. The molecule has 6 heteroatoms. The normalized spacial score (nSPS) is 18.0. The van der Waals surface area contributed by atoms with Crippen molar-refractivity contribution in [2.24, 2.45) is 10.9 Å². The Morgan fingerprint density at radius 1 is 1.38 bits per heavy atom. The molecule has 1 aliphatic rings. The molecule has 5 nitrogen and oxygen atoms in total. The number of nitrogens with one attached hydrogen (secondary N) is 2. The lowest BCUT2D eigenvalue weighted by atomic mass is 10.0. The number of hydrogen-bond acceptors (Lipinski definition) is 3. The smallest absolute Gasteiger partial charge is 0.191 e. The zero-order valence-electron chi connectivity index (χ0n) is 13.7. The fraction of sp³-hybridized carbons (Fsp3) is 0.933. The Balaban J connectivity index is 0.00000400. The minimum absolute atomic E-state index is 0. The molecule has 0 spiro atoms. The van der Waals surface area contributed by atoms with Crippen molar-refractivity contribution in [3.63, 3.8) is 0 Å². The summed E-state index contributed by atoms with van der Waals surface area (Å²) in [7, 11) is 1.80. The summed E-state index contributed by atoms with van der Waals surface area (Å²) in [5.41, 5.74) is 0. The van der Waals surface area contributed by atoms with E-state index in [1.807, 2.05) is 0 Å². The molecule has 0 saturated carbocycles. The number of nitrogens with zero attached hydrogens (tertiary/aromatic N) is 1. The van der Waals surface area contributed by atoms with Gasteiger partial charge in [-0.2, -0.15) is 0 Å². The highest BCUT2D eigenvalue weighted by Gasteiger charge is 2.13. The second-order valence-corrected chi connectivity index (χ2v) is 5.44. The fourth-order valence-corrected chi connectivity index (χ4v) is 2.07. The first kappa shape index (κ1) is 20.9. The van der Waals surface area contributed by atoms with Crippen LogP contribution < -0.4 is 10.6 Å². The predicted molar refractivity (Wildman–Crippen MR) is 98.6 cm³/mol. The van der Waals surface area contributed by atoms with Crippen molar-refractivity contribution in [2.45, 2.75) is 45.6 Å². The van der Waals surface area contributed by atoms with E-state index in [1.54, 1.807) is 7.05 Å². The molecule has 1 aliphatic heterocycles. The molecular formula is C15H32IN3O2. The Bertz CT molecular complexity index is 272. The Kier molecular flexibility index (Phi) is 13.5. The quantitative estimate of drug-likeness (QED) is 0.278. The van der Waals surface area contributed by atoms with Crippen molar-refractivity contribution in [3.05, 3.63) is 0 Å². The highest BCUT2D eigenvalue weighted by molar-refractivity contribution is 14.0. The van der Waals surface area contributed by atoms with Gasteiger partial charge in [-0.15, -0.1) is 24.0 Å². The minimum Gasteiger partial charge on any atom is -0.381 e. The Labute approximate surface area is 146 Å². The third kappa shape index (κ3) is 10.3. The molecule has 0 bridgehead atoms. The van der Waals surface area contributed by atoms with Gasteiger partial charge < -0.3 is 20.1 Å². The highest BCUT2D eigenvalue weighted by atomic mass is 127. The van der Waals surface area contributed by atoms with Gasteiger partial charge in [-0.25, -0.2) is 0 Å². The van der Waals surface area contributed by atoms with Gasteiger partial charge in [0.25, 0.3) is 0 Å². The molecule has 1 rings (SSSR count). The average Bonchev–Trinajstić information content (AvgIpc) is 2.50. The van der Waals surface area contributed by atoms with Crippen molar-refractivity contribution in [2.75, 3.05) is 40.0 Å². The third-order valence-corrected chi connectivity index (χ3v) is 3.67. The van der Waals surface area contributed by atoms with Crippen LogP contribution in [0.3, 0.4) is 0 Å². The van der Waals surface area contributed by atoms with Crippen LogP contribution >= 0.6 is 24.0 Å². The number of aliphatic imine (C=N–C) groups is 1. The molecule has 0 amide bonds. The maximum Gasteiger partial charge on any atom is 0.191 e. The van der Waals surface area contributed by atoms with Crippen molar-refractivity contribution in [1.82, 2.24) is 10.6 Å². The molecule has 0 radical (unpaired) electrons. The van der Waals surface area contributed by atoms with Crippen molar-refractivity contribution in [3.8, 4) is 0 Å². The summed E-state index contributed by atoms with van der Waals surface area (Å²) >= 11 is 0. The van der Waals surface area contributed by atoms with E-state index in [0.29, 0.717) is 12.0 Å². The van der Waals surface area contributed by atoms with Crippen LogP contribution in [0, 0.1) is 5.92 Å². The Morgan fingerprint density at radius 2 is 2.10 bits per heavy atom. The van der Waals surface area contributed by atoms with Crippen LogP contribution in [0.25, 0.3) is 0 Å². The van der Waals surface area contributed by atoms with Crippen LogP contribution in [0.2, 0.25) is 0 Å². The number of rotatable bonds is 8. The van der Waals surface area contributed by atoms with Gasteiger partial charge in [-0.1, -0.05) is 6.92 Å². The molecule has 1 atom stereocenters. The van der Waals surface area contributed by atoms with Gasteiger partial charge >= 0.3 is 0 Å². The lowest BCUT2D eigenvalue weighted by Gasteiger charge is -2.21. The maximum absolute atomic E-state index is 5.74. The van der Waals surface area contributed by atoms with Crippen LogP contribution in [0.5, 0.6) is 0 Å². The summed E-state index contributed by atoms with van der Waals surface area (Å²) in [6.45, 7) is 8.69. The van der Waals surface area contributed by atoms with Gasteiger partial charge in [0, 0.05) is 46.1 Å². The van der Waals surface area contributed by atoms with E-state index in [4.69, 9.17) is 9.47 Å². The average molecular weight is 413 g/mol.